The van der Waals surface area contributed by atoms with Crippen LogP contribution in [-0.2, 0) is 19.4 Å². The summed E-state index contributed by atoms with van der Waals surface area (Å²) in [6.45, 7) is 2.08. The molecule has 0 radical (unpaired) electrons. The molecule has 0 saturated heterocycles. The van der Waals surface area contributed by atoms with Gasteiger partial charge in [-0.05, 0) is 18.6 Å². The average molecular weight is 288 g/mol. The van der Waals surface area contributed by atoms with Crippen molar-refractivity contribution in [2.75, 3.05) is 0 Å². The number of aliphatic hydroxyl groups excluding tert-OH is 1. The van der Waals surface area contributed by atoms with Gasteiger partial charge in [0.1, 0.15) is 5.65 Å². The molecule has 0 aliphatic heterocycles. The SMILES string of the molecule is Cc1ccc2nc(CSc3ncc(CO)n3C)cn2c1. The van der Waals surface area contributed by atoms with Crippen LogP contribution in [0.5, 0.6) is 0 Å². The third kappa shape index (κ3) is 2.44. The van der Waals surface area contributed by atoms with Crippen molar-refractivity contribution in [1.29, 1.82) is 0 Å². The van der Waals surface area contributed by atoms with Crippen molar-refractivity contribution < 1.29 is 5.11 Å². The number of pyridine rings is 1. The Morgan fingerprint density at radius 1 is 1.30 bits per heavy atom. The van der Waals surface area contributed by atoms with Gasteiger partial charge in [-0.3, -0.25) is 0 Å². The van der Waals surface area contributed by atoms with Gasteiger partial charge in [-0.15, -0.1) is 0 Å². The maximum atomic E-state index is 9.15. The van der Waals surface area contributed by atoms with Crippen LogP contribution in [0.4, 0.5) is 0 Å². The predicted octanol–water partition coefficient (Wildman–Crippen LogP) is 2.16. The van der Waals surface area contributed by atoms with E-state index in [2.05, 4.69) is 29.2 Å². The van der Waals surface area contributed by atoms with Crippen LogP contribution in [0.15, 0.2) is 35.9 Å². The molecule has 0 saturated carbocycles. The number of aryl methyl sites for hydroxylation is 1. The van der Waals surface area contributed by atoms with Gasteiger partial charge in [0.25, 0.3) is 0 Å². The van der Waals surface area contributed by atoms with E-state index in [1.165, 1.54) is 5.56 Å². The fourth-order valence-corrected chi connectivity index (χ4v) is 2.92. The summed E-state index contributed by atoms with van der Waals surface area (Å²) in [6, 6.07) is 4.08. The van der Waals surface area contributed by atoms with E-state index >= 15 is 0 Å². The number of aromatic nitrogens is 4. The Morgan fingerprint density at radius 3 is 2.90 bits per heavy atom. The highest BCUT2D eigenvalue weighted by atomic mass is 32.2. The predicted molar refractivity (Wildman–Crippen MR) is 78.6 cm³/mol. The Morgan fingerprint density at radius 2 is 2.15 bits per heavy atom. The first kappa shape index (κ1) is 13.2. The lowest BCUT2D eigenvalue weighted by Gasteiger charge is -2.02. The molecule has 0 spiro atoms. The summed E-state index contributed by atoms with van der Waals surface area (Å²) in [7, 11) is 1.91. The van der Waals surface area contributed by atoms with Crippen LogP contribution in [0.2, 0.25) is 0 Å². The summed E-state index contributed by atoms with van der Waals surface area (Å²) in [5, 5.41) is 10.0. The Kier molecular flexibility index (Phi) is 3.50. The van der Waals surface area contributed by atoms with Gasteiger partial charge in [0, 0.05) is 25.2 Å². The molecule has 3 rings (SSSR count). The third-order valence-electron chi connectivity index (χ3n) is 3.20. The number of nitrogens with zero attached hydrogens (tertiary/aromatic N) is 4. The third-order valence-corrected chi connectivity index (χ3v) is 4.28. The molecule has 0 unspecified atom stereocenters. The largest absolute Gasteiger partial charge is 0.390 e. The number of imidazole rings is 2. The van der Waals surface area contributed by atoms with Crippen LogP contribution in [-0.4, -0.2) is 24.0 Å². The van der Waals surface area contributed by atoms with Gasteiger partial charge in [-0.1, -0.05) is 17.8 Å². The average Bonchev–Trinajstić information content (AvgIpc) is 2.99. The van der Waals surface area contributed by atoms with Crippen LogP contribution in [0.3, 0.4) is 0 Å². The molecule has 3 aromatic rings. The van der Waals surface area contributed by atoms with Crippen LogP contribution in [0.25, 0.3) is 5.65 Å². The van der Waals surface area contributed by atoms with E-state index in [4.69, 9.17) is 5.11 Å². The second kappa shape index (κ2) is 5.30. The van der Waals surface area contributed by atoms with Crippen LogP contribution < -0.4 is 0 Å². The van der Waals surface area contributed by atoms with Crippen molar-refractivity contribution in [2.24, 2.45) is 7.05 Å². The van der Waals surface area contributed by atoms with Gasteiger partial charge in [0.05, 0.1) is 24.2 Å². The zero-order valence-corrected chi connectivity index (χ0v) is 12.3. The van der Waals surface area contributed by atoms with Crippen LogP contribution in [0.1, 0.15) is 17.0 Å². The molecule has 20 heavy (non-hydrogen) atoms. The minimum atomic E-state index is 0.0116. The number of fused-ring (bicyclic) bond motifs is 1. The molecule has 1 N–H and O–H groups in total. The highest BCUT2D eigenvalue weighted by molar-refractivity contribution is 7.98. The minimum absolute atomic E-state index is 0.0116. The van der Waals surface area contributed by atoms with E-state index in [1.807, 2.05) is 28.3 Å². The summed E-state index contributed by atoms with van der Waals surface area (Å²) in [5.74, 6) is 0.760. The lowest BCUT2D eigenvalue weighted by atomic mass is 10.3. The first-order valence-electron chi connectivity index (χ1n) is 6.36. The number of hydrogen-bond acceptors (Lipinski definition) is 4. The lowest BCUT2D eigenvalue weighted by Crippen LogP contribution is -1.97. The number of rotatable bonds is 4. The molecule has 0 fully saturated rings. The van der Waals surface area contributed by atoms with Crippen molar-refractivity contribution in [3.8, 4) is 0 Å². The van der Waals surface area contributed by atoms with E-state index < -0.39 is 0 Å². The molecule has 0 aromatic carbocycles. The first-order valence-corrected chi connectivity index (χ1v) is 7.34. The number of hydrogen-bond donors (Lipinski definition) is 1. The van der Waals surface area contributed by atoms with E-state index in [0.29, 0.717) is 0 Å². The molecule has 0 atom stereocenters. The highest BCUT2D eigenvalue weighted by Gasteiger charge is 2.08. The summed E-state index contributed by atoms with van der Waals surface area (Å²) in [5.41, 5.74) is 4.01. The van der Waals surface area contributed by atoms with Gasteiger partial charge in [-0.25, -0.2) is 9.97 Å². The minimum Gasteiger partial charge on any atom is -0.390 e. The molecular formula is C14H16N4OS. The summed E-state index contributed by atoms with van der Waals surface area (Å²) >= 11 is 1.62. The van der Waals surface area contributed by atoms with E-state index in [1.54, 1.807) is 18.0 Å². The second-order valence-electron chi connectivity index (χ2n) is 4.74. The first-order chi connectivity index (χ1) is 9.67. The molecule has 3 heterocycles. The Labute approximate surface area is 121 Å². The topological polar surface area (TPSA) is 55.4 Å². The molecule has 0 amide bonds. The molecule has 5 nitrogen and oxygen atoms in total. The lowest BCUT2D eigenvalue weighted by molar-refractivity contribution is 0.271. The number of aliphatic hydroxyl groups is 1. The van der Waals surface area contributed by atoms with Crippen molar-refractivity contribution in [1.82, 2.24) is 18.9 Å². The molecule has 3 aromatic heterocycles. The van der Waals surface area contributed by atoms with Crippen molar-refractivity contribution in [3.63, 3.8) is 0 Å². The maximum Gasteiger partial charge on any atom is 0.168 e. The summed E-state index contributed by atoms with van der Waals surface area (Å²) in [4.78, 5) is 8.88. The van der Waals surface area contributed by atoms with Gasteiger partial charge < -0.3 is 14.1 Å². The van der Waals surface area contributed by atoms with Gasteiger partial charge >= 0.3 is 0 Å². The van der Waals surface area contributed by atoms with Crippen molar-refractivity contribution >= 4 is 17.4 Å². The Hall–Kier alpha value is -1.79. The monoisotopic (exact) mass is 288 g/mol. The summed E-state index contributed by atoms with van der Waals surface area (Å²) < 4.78 is 3.95. The molecule has 0 aliphatic rings. The molecule has 0 bridgehead atoms. The van der Waals surface area contributed by atoms with Crippen molar-refractivity contribution in [3.05, 3.63) is 47.7 Å². The highest BCUT2D eigenvalue weighted by Crippen LogP contribution is 2.22. The molecule has 6 heteroatoms. The van der Waals surface area contributed by atoms with Gasteiger partial charge in [0.2, 0.25) is 0 Å². The molecular weight excluding hydrogens is 272 g/mol. The molecule has 104 valence electrons. The zero-order valence-electron chi connectivity index (χ0n) is 11.4. The summed E-state index contributed by atoms with van der Waals surface area (Å²) in [6.07, 6.45) is 5.82. The molecule has 0 aliphatic carbocycles. The van der Waals surface area contributed by atoms with Gasteiger partial charge in [-0.2, -0.15) is 0 Å². The Balaban J connectivity index is 1.77. The zero-order chi connectivity index (χ0) is 14.1. The second-order valence-corrected chi connectivity index (χ2v) is 5.68. The fourth-order valence-electron chi connectivity index (χ4n) is 2.07. The normalized spacial score (nSPS) is 11.3. The van der Waals surface area contributed by atoms with Crippen molar-refractivity contribution in [2.45, 2.75) is 24.4 Å². The Bertz CT molecular complexity index is 747. The maximum absolute atomic E-state index is 9.15. The van der Waals surface area contributed by atoms with Crippen LogP contribution >= 0.6 is 11.8 Å². The fraction of sp³-hybridized carbons (Fsp3) is 0.286. The number of thioether (sulfide) groups is 1. The standard InChI is InChI=1S/C14H16N4OS/c1-10-3-4-13-16-11(7-18(13)6-10)9-20-14-15-5-12(8-19)17(14)2/h3-7,19H,8-9H2,1-2H3. The van der Waals surface area contributed by atoms with E-state index in [-0.39, 0.29) is 6.61 Å². The van der Waals surface area contributed by atoms with Crippen LogP contribution in [0, 0.1) is 6.92 Å². The quantitative estimate of drug-likeness (QED) is 0.748. The van der Waals surface area contributed by atoms with Gasteiger partial charge in [0.15, 0.2) is 5.16 Å². The smallest absolute Gasteiger partial charge is 0.168 e. The van der Waals surface area contributed by atoms with E-state index in [9.17, 15) is 0 Å². The van der Waals surface area contributed by atoms with E-state index in [0.717, 1.165) is 27.9 Å².